The van der Waals surface area contributed by atoms with Crippen molar-refractivity contribution in [3.05, 3.63) is 0 Å². The highest BCUT2D eigenvalue weighted by Gasteiger charge is 2.75. The fraction of sp³-hybridized carbons (Fsp3) is 1.00. The molecule has 23 heavy (non-hydrogen) atoms. The third-order valence-corrected chi connectivity index (χ3v) is 3.74. The highest BCUT2D eigenvalue weighted by Crippen LogP contribution is 2.48. The Balaban J connectivity index is 0. The smallest absolute Gasteiger partial charge is 0.380 e. The lowest BCUT2D eigenvalue weighted by Crippen LogP contribution is -3.00. The summed E-state index contributed by atoms with van der Waals surface area (Å²) in [4.78, 5) is 0. The van der Waals surface area contributed by atoms with Crippen molar-refractivity contribution < 1.29 is 68.3 Å². The van der Waals surface area contributed by atoms with Crippen LogP contribution in [0.2, 0.25) is 0 Å². The van der Waals surface area contributed by atoms with E-state index in [1.807, 2.05) is 13.8 Å². The summed E-state index contributed by atoms with van der Waals surface area (Å²) >= 11 is 0. The van der Waals surface area contributed by atoms with Gasteiger partial charge in [0.1, 0.15) is 13.2 Å². The lowest BCUT2D eigenvalue weighted by molar-refractivity contribution is -0.906. The maximum Gasteiger partial charge on any atom is 0.380 e. The van der Waals surface area contributed by atoms with Crippen LogP contribution in [-0.4, -0.2) is 68.6 Å². The van der Waals surface area contributed by atoms with Crippen LogP contribution in [0.4, 0.5) is 35.1 Å². The number of hydrogen-bond donors (Lipinski definition) is 0. The largest absolute Gasteiger partial charge is 1.00 e. The zero-order chi connectivity index (χ0) is 17.8. The summed E-state index contributed by atoms with van der Waals surface area (Å²) in [5, 5.41) is 0. The SMILES string of the molecule is CC[N+](C)(CC)CCOCC(F)(F)C(F)(F)C(F)(F)C(F)F.[I-]. The average Bonchev–Trinajstić information content (AvgIpc) is 2.42. The topological polar surface area (TPSA) is 9.23 Å². The van der Waals surface area contributed by atoms with Gasteiger partial charge >= 0.3 is 24.2 Å². The molecule has 0 aliphatic carbocycles. The van der Waals surface area contributed by atoms with Crippen LogP contribution in [0.3, 0.4) is 0 Å². The quantitative estimate of drug-likeness (QED) is 0.196. The van der Waals surface area contributed by atoms with Gasteiger partial charge in [0.15, 0.2) is 0 Å². The van der Waals surface area contributed by atoms with Crippen LogP contribution in [0.25, 0.3) is 0 Å². The highest BCUT2D eigenvalue weighted by atomic mass is 127. The molecule has 0 amide bonds. The first kappa shape index (κ1) is 25.3. The molecule has 0 N–H and O–H groups in total. The van der Waals surface area contributed by atoms with Crippen LogP contribution in [-0.2, 0) is 4.74 Å². The van der Waals surface area contributed by atoms with E-state index in [0.29, 0.717) is 17.6 Å². The van der Waals surface area contributed by atoms with E-state index in [4.69, 9.17) is 0 Å². The minimum atomic E-state index is -6.21. The molecule has 0 saturated heterocycles. The van der Waals surface area contributed by atoms with Gasteiger partial charge in [-0.2, -0.15) is 26.3 Å². The van der Waals surface area contributed by atoms with Crippen LogP contribution in [0.1, 0.15) is 13.8 Å². The molecule has 0 bridgehead atoms. The van der Waals surface area contributed by atoms with E-state index >= 15 is 0 Å². The lowest BCUT2D eigenvalue weighted by atomic mass is 10.1. The van der Waals surface area contributed by atoms with Crippen LogP contribution >= 0.6 is 0 Å². The summed E-state index contributed by atoms with van der Waals surface area (Å²) in [6.07, 6.45) is -4.91. The minimum absolute atomic E-state index is 0. The fourth-order valence-electron chi connectivity index (χ4n) is 1.50. The van der Waals surface area contributed by atoms with Crippen molar-refractivity contribution >= 4 is 0 Å². The Bertz CT molecular complexity index is 350. The highest BCUT2D eigenvalue weighted by molar-refractivity contribution is 4.97. The number of quaternary nitrogens is 1. The number of alkyl halides is 8. The van der Waals surface area contributed by atoms with Crippen molar-refractivity contribution in [2.75, 3.05) is 39.9 Å². The first-order valence-corrected chi connectivity index (χ1v) is 6.60. The van der Waals surface area contributed by atoms with E-state index in [9.17, 15) is 35.1 Å². The Morgan fingerprint density at radius 2 is 1.39 bits per heavy atom. The van der Waals surface area contributed by atoms with Gasteiger partial charge in [-0.05, 0) is 13.8 Å². The van der Waals surface area contributed by atoms with Crippen LogP contribution in [0.15, 0.2) is 0 Å². The summed E-state index contributed by atoms with van der Waals surface area (Å²) in [5.41, 5.74) is 0. The summed E-state index contributed by atoms with van der Waals surface area (Å²) in [7, 11) is 1.76. The Labute approximate surface area is 146 Å². The second-order valence-corrected chi connectivity index (χ2v) is 5.23. The zero-order valence-electron chi connectivity index (χ0n) is 12.9. The maximum absolute atomic E-state index is 13.1. The second kappa shape index (κ2) is 8.97. The van der Waals surface area contributed by atoms with Gasteiger partial charge in [0.05, 0.1) is 26.7 Å². The number of hydrogen-bond acceptors (Lipinski definition) is 1. The number of halogens is 9. The molecule has 0 aliphatic rings. The standard InChI is InChI=1S/C12H20F8NO.HI/c1-4-21(3,5-2)6-7-22-8-10(15,16)12(19,20)11(17,18)9(13)14;/h9H,4-8H2,1-3H3;1H/q+1;/p-1. The number of nitrogens with zero attached hydrogens (tertiary/aromatic N) is 1. The molecular weight excluding hydrogens is 453 g/mol. The van der Waals surface area contributed by atoms with Crippen molar-refractivity contribution in [1.82, 2.24) is 0 Å². The molecule has 0 aromatic rings. The van der Waals surface area contributed by atoms with Crippen LogP contribution in [0, 0.1) is 0 Å². The Kier molecular flexibility index (Phi) is 9.88. The summed E-state index contributed by atoms with van der Waals surface area (Å²) in [6, 6.07) is 0. The average molecular weight is 473 g/mol. The van der Waals surface area contributed by atoms with E-state index in [1.165, 1.54) is 0 Å². The van der Waals surface area contributed by atoms with Gasteiger partial charge in [0.2, 0.25) is 0 Å². The van der Waals surface area contributed by atoms with Gasteiger partial charge in [-0.3, -0.25) is 0 Å². The molecule has 0 radical (unpaired) electrons. The van der Waals surface area contributed by atoms with Crippen LogP contribution < -0.4 is 24.0 Å². The molecule has 0 heterocycles. The van der Waals surface area contributed by atoms with Gasteiger partial charge in [-0.25, -0.2) is 8.78 Å². The van der Waals surface area contributed by atoms with Gasteiger partial charge in [-0.15, -0.1) is 0 Å². The molecule has 0 atom stereocenters. The first-order chi connectivity index (χ1) is 9.77. The molecule has 2 nitrogen and oxygen atoms in total. The zero-order valence-corrected chi connectivity index (χ0v) is 15.0. The molecule has 11 heteroatoms. The fourth-order valence-corrected chi connectivity index (χ4v) is 1.50. The van der Waals surface area contributed by atoms with E-state index in [2.05, 4.69) is 4.74 Å². The third-order valence-electron chi connectivity index (χ3n) is 3.74. The van der Waals surface area contributed by atoms with Gasteiger partial charge in [0.25, 0.3) is 0 Å². The van der Waals surface area contributed by atoms with Crippen molar-refractivity contribution in [3.63, 3.8) is 0 Å². The summed E-state index contributed by atoms with van der Waals surface area (Å²) < 4.78 is 106. The van der Waals surface area contributed by atoms with E-state index < -0.39 is 30.8 Å². The molecule has 0 aliphatic heterocycles. The number of likely N-dealkylation sites (N-methyl/N-ethyl adjacent to an activating group) is 1. The van der Waals surface area contributed by atoms with Gasteiger partial charge in [-0.1, -0.05) is 0 Å². The summed E-state index contributed by atoms with van der Waals surface area (Å²) in [6.45, 7) is 2.62. The van der Waals surface area contributed by atoms with Crippen LogP contribution in [0.5, 0.6) is 0 Å². The van der Waals surface area contributed by atoms with Crippen molar-refractivity contribution in [1.29, 1.82) is 0 Å². The Hall–Kier alpha value is 0.0900. The minimum Gasteiger partial charge on any atom is -1.00 e. The Morgan fingerprint density at radius 3 is 1.74 bits per heavy atom. The Morgan fingerprint density at radius 1 is 0.957 bits per heavy atom. The number of ether oxygens (including phenoxy) is 1. The summed E-state index contributed by atoms with van der Waals surface area (Å²) in [5.74, 6) is -17.8. The molecule has 0 spiro atoms. The normalized spacial score (nSPS) is 14.1. The predicted octanol–water partition coefficient (Wildman–Crippen LogP) is 0.664. The predicted molar refractivity (Wildman–Crippen MR) is 63.8 cm³/mol. The van der Waals surface area contributed by atoms with Gasteiger partial charge in [0, 0.05) is 0 Å². The molecule has 0 saturated carbocycles. The maximum atomic E-state index is 13.1. The monoisotopic (exact) mass is 473 g/mol. The van der Waals surface area contributed by atoms with Crippen molar-refractivity contribution in [2.24, 2.45) is 0 Å². The molecule has 0 rings (SSSR count). The third kappa shape index (κ3) is 5.83. The molecule has 0 aromatic carbocycles. The second-order valence-electron chi connectivity index (χ2n) is 5.23. The first-order valence-electron chi connectivity index (χ1n) is 6.60. The lowest BCUT2D eigenvalue weighted by Gasteiger charge is -2.33. The molecular formula is C12H20F8INO. The van der Waals surface area contributed by atoms with Crippen molar-refractivity contribution in [2.45, 2.75) is 38.0 Å². The number of rotatable bonds is 10. The van der Waals surface area contributed by atoms with E-state index in [0.717, 1.165) is 0 Å². The van der Waals surface area contributed by atoms with Gasteiger partial charge < -0.3 is 33.2 Å². The van der Waals surface area contributed by atoms with E-state index in [1.54, 1.807) is 7.05 Å². The molecule has 0 unspecified atom stereocenters. The van der Waals surface area contributed by atoms with E-state index in [-0.39, 0.29) is 37.1 Å². The molecule has 0 fully saturated rings. The van der Waals surface area contributed by atoms with Crippen molar-refractivity contribution in [3.8, 4) is 0 Å². The molecule has 0 aromatic heterocycles. The molecule has 142 valence electrons.